The van der Waals surface area contributed by atoms with Crippen LogP contribution in [0.2, 0.25) is 0 Å². The van der Waals surface area contributed by atoms with Gasteiger partial charge in [-0.3, -0.25) is 9.36 Å². The normalized spacial score (nSPS) is 20.4. The second-order valence-corrected chi connectivity index (χ2v) is 9.75. The molecule has 216 valence electrons. The van der Waals surface area contributed by atoms with Crippen LogP contribution in [-0.2, 0) is 9.53 Å². The number of carboxylic acids is 1. The SMILES string of the molecule is CN(c1ccc(-c2ccccc2)cc1OCCCCC(=O)O)c1nc2c(N)ncnc2n1[C@@H]1O[C@H](CO)C(O)C1O. The number of nitrogens with two attached hydrogens (primary N) is 1. The molecule has 2 unspecified atom stereocenters. The molecule has 41 heavy (non-hydrogen) atoms. The van der Waals surface area contributed by atoms with Crippen molar-refractivity contribution in [2.24, 2.45) is 0 Å². The predicted octanol–water partition coefficient (Wildman–Crippen LogP) is 2.09. The molecule has 2 aromatic carbocycles. The van der Waals surface area contributed by atoms with Gasteiger partial charge in [-0.25, -0.2) is 15.0 Å². The summed E-state index contributed by atoms with van der Waals surface area (Å²) < 4.78 is 13.5. The van der Waals surface area contributed by atoms with Crippen LogP contribution in [0.5, 0.6) is 5.75 Å². The zero-order valence-corrected chi connectivity index (χ0v) is 22.4. The van der Waals surface area contributed by atoms with E-state index in [0.29, 0.717) is 24.3 Å². The van der Waals surface area contributed by atoms with Crippen LogP contribution in [0.3, 0.4) is 0 Å². The van der Waals surface area contributed by atoms with E-state index >= 15 is 0 Å². The molecule has 1 aliphatic heterocycles. The predicted molar refractivity (Wildman–Crippen MR) is 150 cm³/mol. The summed E-state index contributed by atoms with van der Waals surface area (Å²) in [4.78, 5) is 25.7. The van der Waals surface area contributed by atoms with Gasteiger partial charge in [-0.15, -0.1) is 0 Å². The van der Waals surface area contributed by atoms with Crippen molar-refractivity contribution in [1.29, 1.82) is 0 Å². The number of aromatic nitrogens is 4. The third-order valence-corrected chi connectivity index (χ3v) is 7.03. The summed E-state index contributed by atoms with van der Waals surface area (Å²) in [7, 11) is 1.75. The molecule has 0 aliphatic carbocycles. The number of nitrogens with zero attached hydrogens (tertiary/aromatic N) is 5. The summed E-state index contributed by atoms with van der Waals surface area (Å²) in [6.07, 6.45) is -2.55. The van der Waals surface area contributed by atoms with Crippen LogP contribution >= 0.6 is 0 Å². The first-order valence-electron chi connectivity index (χ1n) is 13.2. The monoisotopic (exact) mass is 564 g/mol. The van der Waals surface area contributed by atoms with Crippen LogP contribution in [0.25, 0.3) is 22.3 Å². The number of carboxylic acid groups (broad SMARTS) is 1. The van der Waals surface area contributed by atoms with Gasteiger partial charge in [-0.05, 0) is 36.1 Å². The number of benzene rings is 2. The number of aliphatic hydroxyl groups is 3. The minimum atomic E-state index is -1.39. The van der Waals surface area contributed by atoms with Gasteiger partial charge < -0.3 is 40.5 Å². The largest absolute Gasteiger partial charge is 0.491 e. The lowest BCUT2D eigenvalue weighted by atomic mass is 10.0. The number of carbonyl (C=O) groups is 1. The molecule has 0 spiro atoms. The van der Waals surface area contributed by atoms with E-state index in [4.69, 9.17) is 20.3 Å². The van der Waals surface area contributed by atoms with Crippen LogP contribution in [0.15, 0.2) is 54.9 Å². The Morgan fingerprint density at radius 1 is 1.10 bits per heavy atom. The molecule has 0 bridgehead atoms. The number of hydrogen-bond acceptors (Lipinski definition) is 11. The number of ether oxygens (including phenoxy) is 2. The Hall–Kier alpha value is -4.30. The van der Waals surface area contributed by atoms with Crippen molar-refractivity contribution in [3.8, 4) is 16.9 Å². The molecule has 6 N–H and O–H groups in total. The molecule has 13 heteroatoms. The number of aliphatic carboxylic acids is 1. The Morgan fingerprint density at radius 2 is 1.88 bits per heavy atom. The first-order valence-corrected chi connectivity index (χ1v) is 13.2. The van der Waals surface area contributed by atoms with Gasteiger partial charge in [0, 0.05) is 13.5 Å². The number of fused-ring (bicyclic) bond motifs is 1. The van der Waals surface area contributed by atoms with Gasteiger partial charge in [0.1, 0.15) is 30.4 Å². The van der Waals surface area contributed by atoms with E-state index in [1.807, 2.05) is 48.5 Å². The summed E-state index contributed by atoms with van der Waals surface area (Å²) in [5.74, 6) is 0.0420. The average molecular weight is 565 g/mol. The highest BCUT2D eigenvalue weighted by atomic mass is 16.6. The van der Waals surface area contributed by atoms with Crippen molar-refractivity contribution in [2.45, 2.75) is 43.8 Å². The number of unbranched alkanes of at least 4 members (excludes halogenated alkanes) is 1. The van der Waals surface area contributed by atoms with Gasteiger partial charge >= 0.3 is 5.97 Å². The Bertz CT molecular complexity index is 1510. The van der Waals surface area contributed by atoms with E-state index in [0.717, 1.165) is 11.1 Å². The Balaban J connectivity index is 1.57. The summed E-state index contributed by atoms with van der Waals surface area (Å²) in [5.41, 5.74) is 9.16. The number of imidazole rings is 1. The van der Waals surface area contributed by atoms with Crippen LogP contribution in [-0.4, -0.2) is 84.5 Å². The number of aliphatic hydroxyl groups excluding tert-OH is 3. The van der Waals surface area contributed by atoms with Crippen LogP contribution in [0.1, 0.15) is 25.5 Å². The van der Waals surface area contributed by atoms with Crippen LogP contribution in [0, 0.1) is 0 Å². The Kier molecular flexibility index (Phi) is 8.31. The van der Waals surface area contributed by atoms with Crippen molar-refractivity contribution >= 4 is 34.6 Å². The second kappa shape index (κ2) is 12.1. The quantitative estimate of drug-likeness (QED) is 0.167. The second-order valence-electron chi connectivity index (χ2n) is 9.75. The lowest BCUT2D eigenvalue weighted by Crippen LogP contribution is -2.33. The molecule has 13 nitrogen and oxygen atoms in total. The van der Waals surface area contributed by atoms with Gasteiger partial charge in [0.25, 0.3) is 0 Å². The number of rotatable bonds is 11. The molecule has 0 amide bonds. The molecular weight excluding hydrogens is 532 g/mol. The molecule has 0 radical (unpaired) electrons. The molecule has 1 aliphatic rings. The standard InChI is InChI=1S/C28H32N6O7/c1-33(18-11-10-17(16-7-3-2-4-8-16)13-19(18)40-12-6-5-9-21(36)37)28-32-22-25(29)30-15-31-26(22)34(28)27-24(39)23(38)20(14-35)41-27/h2-4,7-8,10-11,13,15,20,23-24,27,35,38-39H,5-6,9,12,14H2,1H3,(H,36,37)(H2,29,30,31)/t20-,23?,24?,27-/m1/s1. The highest BCUT2D eigenvalue weighted by Gasteiger charge is 2.45. The molecule has 2 aromatic heterocycles. The van der Waals surface area contributed by atoms with Crippen molar-refractivity contribution in [3.63, 3.8) is 0 Å². The highest BCUT2D eigenvalue weighted by Crippen LogP contribution is 2.41. The first kappa shape index (κ1) is 28.2. The van der Waals surface area contributed by atoms with Gasteiger partial charge in [-0.1, -0.05) is 36.4 Å². The maximum atomic E-state index is 10.9. The maximum Gasteiger partial charge on any atom is 0.303 e. The minimum absolute atomic E-state index is 0.0526. The molecule has 0 saturated carbocycles. The molecular formula is C28H32N6O7. The van der Waals surface area contributed by atoms with E-state index in [1.54, 1.807) is 11.9 Å². The number of hydrogen-bond donors (Lipinski definition) is 5. The van der Waals surface area contributed by atoms with Gasteiger partial charge in [0.05, 0.1) is 18.9 Å². The fourth-order valence-electron chi connectivity index (χ4n) is 4.86. The van der Waals surface area contributed by atoms with E-state index in [9.17, 15) is 20.1 Å². The molecule has 1 fully saturated rings. The molecule has 5 rings (SSSR count). The summed E-state index contributed by atoms with van der Waals surface area (Å²) in [6, 6.07) is 15.5. The topological polar surface area (TPSA) is 189 Å². The third-order valence-electron chi connectivity index (χ3n) is 7.03. The maximum absolute atomic E-state index is 10.9. The van der Waals surface area contributed by atoms with Gasteiger partial charge in [-0.2, -0.15) is 0 Å². The summed E-state index contributed by atoms with van der Waals surface area (Å²) in [6.45, 7) is -0.208. The van der Waals surface area contributed by atoms with Gasteiger partial charge in [0.2, 0.25) is 5.95 Å². The van der Waals surface area contributed by atoms with Crippen LogP contribution in [0.4, 0.5) is 17.5 Å². The van der Waals surface area contributed by atoms with Crippen molar-refractivity contribution in [3.05, 3.63) is 54.9 Å². The van der Waals surface area contributed by atoms with E-state index in [-0.39, 0.29) is 36.0 Å². The Morgan fingerprint density at radius 3 is 2.59 bits per heavy atom. The zero-order chi connectivity index (χ0) is 29.1. The smallest absolute Gasteiger partial charge is 0.303 e. The lowest BCUT2D eigenvalue weighted by Gasteiger charge is -2.26. The molecule has 1 saturated heterocycles. The molecule has 4 aromatic rings. The number of nitrogen functional groups attached to an aromatic ring is 1. The number of anilines is 3. The first-order chi connectivity index (χ1) is 19.8. The Labute approximate surface area is 235 Å². The van der Waals surface area contributed by atoms with Crippen molar-refractivity contribution in [1.82, 2.24) is 19.5 Å². The third kappa shape index (κ3) is 5.65. The highest BCUT2D eigenvalue weighted by molar-refractivity contribution is 5.85. The van der Waals surface area contributed by atoms with E-state index in [1.165, 1.54) is 10.9 Å². The summed E-state index contributed by atoms with van der Waals surface area (Å²) >= 11 is 0. The lowest BCUT2D eigenvalue weighted by molar-refractivity contribution is -0.137. The van der Waals surface area contributed by atoms with Crippen molar-refractivity contribution < 1.29 is 34.7 Å². The van der Waals surface area contributed by atoms with E-state index < -0.39 is 37.1 Å². The summed E-state index contributed by atoms with van der Waals surface area (Å²) in [5, 5.41) is 40.0. The average Bonchev–Trinajstić information content (AvgIpc) is 3.50. The molecule has 4 atom stereocenters. The van der Waals surface area contributed by atoms with Crippen LogP contribution < -0.4 is 15.4 Å². The zero-order valence-electron chi connectivity index (χ0n) is 22.4. The minimum Gasteiger partial charge on any atom is -0.491 e. The van der Waals surface area contributed by atoms with Crippen molar-refractivity contribution in [2.75, 3.05) is 30.9 Å². The fourth-order valence-corrected chi connectivity index (χ4v) is 4.86. The van der Waals surface area contributed by atoms with Gasteiger partial charge in [0.15, 0.2) is 23.2 Å². The molecule has 3 heterocycles. The van der Waals surface area contributed by atoms with E-state index in [2.05, 4.69) is 15.0 Å². The fraction of sp³-hybridized carbons (Fsp3) is 0.357.